The van der Waals surface area contributed by atoms with Crippen molar-refractivity contribution < 1.29 is 9.90 Å². The van der Waals surface area contributed by atoms with Crippen LogP contribution in [0.3, 0.4) is 0 Å². The molecule has 2 heterocycles. The van der Waals surface area contributed by atoms with Crippen LogP contribution in [-0.4, -0.2) is 36.7 Å². The average Bonchev–Trinajstić information content (AvgIpc) is 2.60. The normalized spacial score (nSPS) is 11.0. The van der Waals surface area contributed by atoms with E-state index in [-0.39, 0.29) is 23.2 Å². The Morgan fingerprint density at radius 2 is 2.29 bits per heavy atom. The number of hydrogen-bond acceptors (Lipinski definition) is 5. The van der Waals surface area contributed by atoms with Gasteiger partial charge in [-0.2, -0.15) is 0 Å². The fourth-order valence-corrected chi connectivity index (χ4v) is 1.39. The molecular weight excluding hydrogens is 226 g/mol. The van der Waals surface area contributed by atoms with E-state index >= 15 is 0 Å². The van der Waals surface area contributed by atoms with Gasteiger partial charge in [0.2, 0.25) is 5.65 Å². The van der Waals surface area contributed by atoms with Gasteiger partial charge in [0.1, 0.15) is 0 Å². The van der Waals surface area contributed by atoms with Gasteiger partial charge >= 0.3 is 11.7 Å². The van der Waals surface area contributed by atoms with Gasteiger partial charge in [0.25, 0.3) is 0 Å². The van der Waals surface area contributed by atoms with Crippen molar-refractivity contribution in [2.45, 2.75) is 19.9 Å². The van der Waals surface area contributed by atoms with Crippen LogP contribution in [0.25, 0.3) is 5.65 Å². The minimum absolute atomic E-state index is 0.0437. The molecule has 0 amide bonds. The predicted octanol–water partition coefficient (Wildman–Crippen LogP) is -0.0639. The lowest BCUT2D eigenvalue weighted by molar-refractivity contribution is 0.0690. The maximum absolute atomic E-state index is 11.4. The van der Waals surface area contributed by atoms with Crippen LogP contribution in [0, 0.1) is 0 Å². The van der Waals surface area contributed by atoms with Crippen LogP contribution < -0.4 is 11.0 Å². The Hall–Kier alpha value is -2.38. The number of aromatic carboxylic acids is 1. The summed E-state index contributed by atoms with van der Waals surface area (Å²) >= 11 is 0. The minimum Gasteiger partial charge on any atom is -0.476 e. The smallest absolute Gasteiger partial charge is 0.356 e. The third kappa shape index (κ3) is 1.96. The molecule has 0 aliphatic heterocycles. The molecule has 0 radical (unpaired) electrons. The second-order valence-electron chi connectivity index (χ2n) is 3.80. The first-order valence-corrected chi connectivity index (χ1v) is 4.96. The Kier molecular flexibility index (Phi) is 2.54. The first kappa shape index (κ1) is 11.1. The van der Waals surface area contributed by atoms with E-state index in [4.69, 9.17) is 5.11 Å². The summed E-state index contributed by atoms with van der Waals surface area (Å²) < 4.78 is 1.11. The molecular formula is C9H11N5O3. The lowest BCUT2D eigenvalue weighted by Crippen LogP contribution is -2.17. The second-order valence-corrected chi connectivity index (χ2v) is 3.80. The molecule has 0 spiro atoms. The fraction of sp³-hybridized carbons (Fsp3) is 0.333. The number of carboxylic acid groups (broad SMARTS) is 1. The zero-order valence-electron chi connectivity index (χ0n) is 9.26. The fourth-order valence-electron chi connectivity index (χ4n) is 1.39. The number of aromatic nitrogens is 4. The van der Waals surface area contributed by atoms with Gasteiger partial charge in [-0.05, 0) is 13.8 Å². The Morgan fingerprint density at radius 1 is 1.59 bits per heavy atom. The molecule has 8 nitrogen and oxygen atoms in total. The van der Waals surface area contributed by atoms with Gasteiger partial charge in [-0.25, -0.2) is 24.1 Å². The van der Waals surface area contributed by atoms with E-state index in [1.807, 2.05) is 13.8 Å². The molecule has 2 aromatic rings. The quantitative estimate of drug-likeness (QED) is 0.689. The summed E-state index contributed by atoms with van der Waals surface area (Å²) in [5, 5.41) is 17.9. The van der Waals surface area contributed by atoms with E-state index in [0.717, 1.165) is 10.6 Å². The van der Waals surface area contributed by atoms with Crippen LogP contribution in [0.5, 0.6) is 0 Å². The Balaban J connectivity index is 2.70. The van der Waals surface area contributed by atoms with Crippen LogP contribution >= 0.6 is 0 Å². The molecule has 0 aliphatic rings. The molecule has 0 fully saturated rings. The van der Waals surface area contributed by atoms with E-state index in [1.165, 1.54) is 0 Å². The van der Waals surface area contributed by atoms with Crippen LogP contribution in [0.4, 0.5) is 5.82 Å². The first-order chi connectivity index (χ1) is 7.99. The molecule has 2 rings (SSSR count). The third-order valence-corrected chi connectivity index (χ3v) is 2.04. The number of aromatic amines is 1. The van der Waals surface area contributed by atoms with Crippen molar-refractivity contribution in [3.63, 3.8) is 0 Å². The average molecular weight is 237 g/mol. The van der Waals surface area contributed by atoms with Crippen molar-refractivity contribution >= 4 is 17.4 Å². The highest BCUT2D eigenvalue weighted by Gasteiger charge is 2.14. The van der Waals surface area contributed by atoms with Crippen molar-refractivity contribution in [3.05, 3.63) is 22.4 Å². The summed E-state index contributed by atoms with van der Waals surface area (Å²) in [6, 6.07) is 0.0437. The highest BCUT2D eigenvalue weighted by atomic mass is 16.4. The SMILES string of the molecule is CC(C)Nc1nc(C(=O)O)cn2c(=O)[nH]nc12. The molecule has 0 aromatic carbocycles. The van der Waals surface area contributed by atoms with E-state index in [0.29, 0.717) is 0 Å². The number of fused-ring (bicyclic) bond motifs is 1. The molecule has 17 heavy (non-hydrogen) atoms. The van der Waals surface area contributed by atoms with E-state index < -0.39 is 11.7 Å². The van der Waals surface area contributed by atoms with Crippen molar-refractivity contribution in [2.75, 3.05) is 5.32 Å². The summed E-state index contributed by atoms with van der Waals surface area (Å²) in [5.41, 5.74) is -0.449. The number of carboxylic acids is 1. The lowest BCUT2D eigenvalue weighted by Gasteiger charge is -2.09. The summed E-state index contributed by atoms with van der Waals surface area (Å²) in [6.07, 6.45) is 1.13. The van der Waals surface area contributed by atoms with Gasteiger partial charge in [0.05, 0.1) is 0 Å². The number of nitrogens with zero attached hydrogens (tertiary/aromatic N) is 3. The number of nitrogens with one attached hydrogen (secondary N) is 2. The van der Waals surface area contributed by atoms with Crippen molar-refractivity contribution in [1.29, 1.82) is 0 Å². The minimum atomic E-state index is -1.20. The van der Waals surface area contributed by atoms with E-state index in [9.17, 15) is 9.59 Å². The maximum atomic E-state index is 11.4. The van der Waals surface area contributed by atoms with Gasteiger partial charge < -0.3 is 10.4 Å². The first-order valence-electron chi connectivity index (χ1n) is 4.96. The number of hydrogen-bond donors (Lipinski definition) is 3. The zero-order valence-corrected chi connectivity index (χ0v) is 9.26. The Morgan fingerprint density at radius 3 is 2.88 bits per heavy atom. The highest BCUT2D eigenvalue weighted by Crippen LogP contribution is 2.12. The second kappa shape index (κ2) is 3.89. The Labute approximate surface area is 95.3 Å². The summed E-state index contributed by atoms with van der Waals surface area (Å²) in [4.78, 5) is 26.2. The highest BCUT2D eigenvalue weighted by molar-refractivity contribution is 5.86. The molecule has 0 atom stereocenters. The predicted molar refractivity (Wildman–Crippen MR) is 59.3 cm³/mol. The molecule has 2 aromatic heterocycles. The number of carbonyl (C=O) groups is 1. The largest absolute Gasteiger partial charge is 0.476 e. The molecule has 0 saturated heterocycles. The third-order valence-electron chi connectivity index (χ3n) is 2.04. The number of anilines is 1. The van der Waals surface area contributed by atoms with Crippen molar-refractivity contribution in [3.8, 4) is 0 Å². The number of H-pyrrole nitrogens is 1. The van der Waals surface area contributed by atoms with Crippen LogP contribution in [0.1, 0.15) is 24.3 Å². The van der Waals surface area contributed by atoms with Crippen LogP contribution in [0.2, 0.25) is 0 Å². The molecule has 0 saturated carbocycles. The monoisotopic (exact) mass is 237 g/mol. The Bertz CT molecular complexity index is 627. The van der Waals surface area contributed by atoms with Gasteiger partial charge in [-0.3, -0.25) is 0 Å². The van der Waals surface area contributed by atoms with Crippen molar-refractivity contribution in [2.24, 2.45) is 0 Å². The van der Waals surface area contributed by atoms with E-state index in [2.05, 4.69) is 20.5 Å². The molecule has 3 N–H and O–H groups in total. The topological polar surface area (TPSA) is 112 Å². The van der Waals surface area contributed by atoms with Gasteiger partial charge in [-0.1, -0.05) is 0 Å². The summed E-state index contributed by atoms with van der Waals surface area (Å²) in [5.74, 6) is -0.940. The maximum Gasteiger partial charge on any atom is 0.356 e. The van der Waals surface area contributed by atoms with Crippen LogP contribution in [-0.2, 0) is 0 Å². The van der Waals surface area contributed by atoms with Gasteiger partial charge in [0.15, 0.2) is 11.5 Å². The summed E-state index contributed by atoms with van der Waals surface area (Å²) in [7, 11) is 0. The zero-order chi connectivity index (χ0) is 12.6. The van der Waals surface area contributed by atoms with E-state index in [1.54, 1.807) is 0 Å². The molecule has 8 heteroatoms. The van der Waals surface area contributed by atoms with Crippen LogP contribution in [0.15, 0.2) is 11.0 Å². The van der Waals surface area contributed by atoms with Gasteiger partial charge in [0, 0.05) is 12.2 Å². The standard InChI is InChI=1S/C9H11N5O3/c1-4(2)10-6-7-12-13-9(17)14(7)3-5(11-6)8(15)16/h3-4H,1-2H3,(H,10,11)(H,13,17)(H,15,16). The lowest BCUT2D eigenvalue weighted by atomic mass is 10.4. The van der Waals surface area contributed by atoms with Crippen molar-refractivity contribution in [1.82, 2.24) is 19.6 Å². The summed E-state index contributed by atoms with van der Waals surface area (Å²) in [6.45, 7) is 3.74. The number of rotatable bonds is 3. The molecule has 0 bridgehead atoms. The molecule has 90 valence electrons. The molecule has 0 aliphatic carbocycles. The molecule has 0 unspecified atom stereocenters. The van der Waals surface area contributed by atoms with Gasteiger partial charge in [-0.15, -0.1) is 5.10 Å².